The maximum Gasteiger partial charge on any atom is 0.264 e. The summed E-state index contributed by atoms with van der Waals surface area (Å²) in [7, 11) is 1.69. The SMILES string of the molecule is COc1cccc(N2CCN(C(=O)c3cc4c(s3)-c3c(C)nn(-c5ccccc5)c3CC4)CC2)c1. The molecule has 178 valence electrons. The molecule has 2 aromatic heterocycles. The first kappa shape index (κ1) is 21.9. The zero-order chi connectivity index (χ0) is 23.9. The second kappa shape index (κ2) is 8.89. The van der Waals surface area contributed by atoms with Crippen LogP contribution in [0.1, 0.15) is 26.6 Å². The van der Waals surface area contributed by atoms with E-state index in [1.54, 1.807) is 18.4 Å². The van der Waals surface area contributed by atoms with Crippen molar-refractivity contribution in [3.05, 3.63) is 82.5 Å². The fourth-order valence-corrected chi connectivity index (χ4v) is 6.50. The van der Waals surface area contributed by atoms with Crippen LogP contribution in [-0.4, -0.2) is 53.9 Å². The number of fused-ring (bicyclic) bond motifs is 3. The summed E-state index contributed by atoms with van der Waals surface area (Å²) in [4.78, 5) is 19.8. The van der Waals surface area contributed by atoms with Gasteiger partial charge in [-0.25, -0.2) is 4.68 Å². The smallest absolute Gasteiger partial charge is 0.264 e. The Labute approximate surface area is 209 Å². The number of thiophene rings is 1. The van der Waals surface area contributed by atoms with Crippen molar-refractivity contribution in [1.29, 1.82) is 0 Å². The molecule has 7 heteroatoms. The summed E-state index contributed by atoms with van der Waals surface area (Å²) >= 11 is 1.63. The third-order valence-corrected chi connectivity index (χ3v) is 8.20. The predicted octanol–water partition coefficient (Wildman–Crippen LogP) is 4.98. The van der Waals surface area contributed by atoms with E-state index in [9.17, 15) is 4.79 Å². The van der Waals surface area contributed by atoms with Gasteiger partial charge in [0.05, 0.1) is 29.1 Å². The molecule has 0 spiro atoms. The number of para-hydroxylation sites is 1. The summed E-state index contributed by atoms with van der Waals surface area (Å²) in [5.74, 6) is 1.000. The van der Waals surface area contributed by atoms with Crippen LogP contribution in [-0.2, 0) is 12.8 Å². The number of rotatable bonds is 4. The van der Waals surface area contributed by atoms with Crippen LogP contribution < -0.4 is 9.64 Å². The lowest BCUT2D eigenvalue weighted by atomic mass is 9.95. The number of aromatic nitrogens is 2. The Morgan fingerprint density at radius 1 is 0.943 bits per heavy atom. The van der Waals surface area contributed by atoms with Crippen LogP contribution in [0.2, 0.25) is 0 Å². The van der Waals surface area contributed by atoms with E-state index in [4.69, 9.17) is 9.84 Å². The Morgan fingerprint density at radius 3 is 2.49 bits per heavy atom. The quantitative estimate of drug-likeness (QED) is 0.410. The van der Waals surface area contributed by atoms with Crippen molar-refractivity contribution in [2.45, 2.75) is 19.8 Å². The number of anilines is 1. The van der Waals surface area contributed by atoms with Crippen LogP contribution >= 0.6 is 11.3 Å². The summed E-state index contributed by atoms with van der Waals surface area (Å²) < 4.78 is 7.44. The predicted molar refractivity (Wildman–Crippen MR) is 140 cm³/mol. The molecule has 0 radical (unpaired) electrons. The summed E-state index contributed by atoms with van der Waals surface area (Å²) in [6.07, 6.45) is 1.87. The number of nitrogens with zero attached hydrogens (tertiary/aromatic N) is 4. The van der Waals surface area contributed by atoms with E-state index >= 15 is 0 Å². The van der Waals surface area contributed by atoms with E-state index in [2.05, 4.69) is 46.8 Å². The van der Waals surface area contributed by atoms with E-state index in [0.717, 1.165) is 66.7 Å². The molecule has 0 saturated carbocycles. The van der Waals surface area contributed by atoms with Gasteiger partial charge in [0.15, 0.2) is 0 Å². The highest BCUT2D eigenvalue weighted by atomic mass is 32.1. The number of carbonyl (C=O) groups excluding carboxylic acids is 1. The minimum absolute atomic E-state index is 0.143. The first-order chi connectivity index (χ1) is 17.1. The number of benzene rings is 2. The molecule has 1 fully saturated rings. The molecule has 1 amide bonds. The summed E-state index contributed by atoms with van der Waals surface area (Å²) in [5.41, 5.74) is 6.98. The van der Waals surface area contributed by atoms with E-state index < -0.39 is 0 Å². The number of carbonyl (C=O) groups is 1. The van der Waals surface area contributed by atoms with Crippen molar-refractivity contribution in [2.75, 3.05) is 38.2 Å². The highest BCUT2D eigenvalue weighted by Gasteiger charge is 2.30. The van der Waals surface area contributed by atoms with Gasteiger partial charge in [-0.1, -0.05) is 24.3 Å². The van der Waals surface area contributed by atoms with Gasteiger partial charge in [-0.05, 0) is 55.7 Å². The van der Waals surface area contributed by atoms with Crippen LogP contribution in [0.5, 0.6) is 5.75 Å². The number of hydrogen-bond acceptors (Lipinski definition) is 5. The molecule has 0 bridgehead atoms. The fourth-order valence-electron chi connectivity index (χ4n) is 5.20. The molecule has 2 aliphatic rings. The van der Waals surface area contributed by atoms with Crippen LogP contribution in [0.15, 0.2) is 60.7 Å². The highest BCUT2D eigenvalue weighted by Crippen LogP contribution is 2.42. The van der Waals surface area contributed by atoms with Crippen molar-refractivity contribution in [3.8, 4) is 21.9 Å². The molecular formula is C28H28N4O2S. The topological polar surface area (TPSA) is 50.6 Å². The molecule has 35 heavy (non-hydrogen) atoms. The third-order valence-electron chi connectivity index (χ3n) is 7.02. The van der Waals surface area contributed by atoms with Crippen molar-refractivity contribution < 1.29 is 9.53 Å². The van der Waals surface area contributed by atoms with Gasteiger partial charge in [0.1, 0.15) is 5.75 Å². The third kappa shape index (κ3) is 3.90. The number of ether oxygens (including phenoxy) is 1. The zero-order valence-electron chi connectivity index (χ0n) is 20.0. The lowest BCUT2D eigenvalue weighted by Gasteiger charge is -2.36. The standard InChI is InChI=1S/C28H28N4O2S/c1-19-26-24(32(29-19)21-7-4-3-5-8-21)12-11-20-17-25(35-27(20)26)28(33)31-15-13-30(14-16-31)22-9-6-10-23(18-22)34-2/h3-10,17-18H,11-16H2,1-2H3. The average Bonchev–Trinajstić information content (AvgIpc) is 3.50. The summed E-state index contributed by atoms with van der Waals surface area (Å²) in [6, 6.07) is 20.6. The van der Waals surface area contributed by atoms with Gasteiger partial charge >= 0.3 is 0 Å². The van der Waals surface area contributed by atoms with Gasteiger partial charge in [0.25, 0.3) is 5.91 Å². The monoisotopic (exact) mass is 484 g/mol. The molecule has 6 rings (SSSR count). The van der Waals surface area contributed by atoms with Crippen LogP contribution in [0.4, 0.5) is 5.69 Å². The maximum atomic E-state index is 13.5. The van der Waals surface area contributed by atoms with E-state index in [0.29, 0.717) is 0 Å². The first-order valence-corrected chi connectivity index (χ1v) is 12.9. The number of methoxy groups -OCH3 is 1. The van der Waals surface area contributed by atoms with Crippen LogP contribution in [0.25, 0.3) is 16.1 Å². The Hall–Kier alpha value is -3.58. The van der Waals surface area contributed by atoms with Crippen molar-refractivity contribution in [3.63, 3.8) is 0 Å². The molecule has 1 saturated heterocycles. The molecule has 2 aromatic carbocycles. The van der Waals surface area contributed by atoms with Gasteiger partial charge in [-0.15, -0.1) is 11.3 Å². The number of aryl methyl sites for hydroxylation is 2. The lowest BCUT2D eigenvalue weighted by Crippen LogP contribution is -2.48. The van der Waals surface area contributed by atoms with E-state index in [1.807, 2.05) is 35.2 Å². The molecule has 1 aliphatic heterocycles. The number of piperazine rings is 1. The molecule has 4 aromatic rings. The second-order valence-corrected chi connectivity index (χ2v) is 10.2. The Morgan fingerprint density at radius 2 is 1.71 bits per heavy atom. The lowest BCUT2D eigenvalue weighted by molar-refractivity contribution is 0.0751. The number of amides is 1. The molecule has 3 heterocycles. The summed E-state index contributed by atoms with van der Waals surface area (Å²) in [5, 5.41) is 4.87. The van der Waals surface area contributed by atoms with Gasteiger partial charge in [-0.2, -0.15) is 5.10 Å². The minimum atomic E-state index is 0.143. The normalized spacial score (nSPS) is 15.0. The van der Waals surface area contributed by atoms with Crippen LogP contribution in [0, 0.1) is 6.92 Å². The van der Waals surface area contributed by atoms with Crippen molar-refractivity contribution in [2.24, 2.45) is 0 Å². The Balaban J connectivity index is 1.22. The molecule has 0 N–H and O–H groups in total. The van der Waals surface area contributed by atoms with Gasteiger partial charge in [-0.3, -0.25) is 4.79 Å². The Kier molecular flexibility index (Phi) is 5.57. The average molecular weight is 485 g/mol. The number of hydrogen-bond donors (Lipinski definition) is 0. The van der Waals surface area contributed by atoms with Gasteiger partial charge < -0.3 is 14.5 Å². The second-order valence-electron chi connectivity index (χ2n) is 9.10. The zero-order valence-corrected chi connectivity index (χ0v) is 20.8. The van der Waals surface area contributed by atoms with Crippen molar-refractivity contribution >= 4 is 22.9 Å². The molecule has 0 unspecified atom stereocenters. The highest BCUT2D eigenvalue weighted by molar-refractivity contribution is 7.17. The summed E-state index contributed by atoms with van der Waals surface area (Å²) in [6.45, 7) is 5.14. The Bertz CT molecular complexity index is 1380. The van der Waals surface area contributed by atoms with E-state index in [1.165, 1.54) is 21.7 Å². The molecular weight excluding hydrogens is 456 g/mol. The molecule has 1 aliphatic carbocycles. The minimum Gasteiger partial charge on any atom is -0.497 e. The maximum absolute atomic E-state index is 13.5. The van der Waals surface area contributed by atoms with Gasteiger partial charge in [0.2, 0.25) is 0 Å². The largest absolute Gasteiger partial charge is 0.497 e. The van der Waals surface area contributed by atoms with Gasteiger partial charge in [0, 0.05) is 48.4 Å². The molecule has 0 atom stereocenters. The first-order valence-electron chi connectivity index (χ1n) is 12.1. The molecule has 6 nitrogen and oxygen atoms in total. The van der Waals surface area contributed by atoms with E-state index in [-0.39, 0.29) is 5.91 Å². The fraction of sp³-hybridized carbons (Fsp3) is 0.286. The van der Waals surface area contributed by atoms with Crippen LogP contribution in [0.3, 0.4) is 0 Å². The van der Waals surface area contributed by atoms with Crippen molar-refractivity contribution in [1.82, 2.24) is 14.7 Å².